The first-order valence-electron chi connectivity index (χ1n) is 7.67. The lowest BCUT2D eigenvalue weighted by Crippen LogP contribution is -2.21. The highest BCUT2D eigenvalue weighted by atomic mass is 16.5. The van der Waals surface area contributed by atoms with Crippen LogP contribution in [0.5, 0.6) is 5.75 Å². The highest BCUT2D eigenvalue weighted by Crippen LogP contribution is 2.20. The molecule has 1 aromatic carbocycles. The van der Waals surface area contributed by atoms with Crippen LogP contribution in [0.3, 0.4) is 0 Å². The van der Waals surface area contributed by atoms with Crippen LogP contribution in [0.2, 0.25) is 0 Å². The number of ether oxygens (including phenoxy) is 1. The normalized spacial score (nSPS) is 12.3. The van der Waals surface area contributed by atoms with Gasteiger partial charge in [0, 0.05) is 19.3 Å². The summed E-state index contributed by atoms with van der Waals surface area (Å²) in [6.45, 7) is 5.95. The van der Waals surface area contributed by atoms with E-state index < -0.39 is 0 Å². The number of aryl methyl sites for hydroxylation is 1. The summed E-state index contributed by atoms with van der Waals surface area (Å²) in [5.74, 6) is 0.884. The number of aromatic nitrogens is 2. The van der Waals surface area contributed by atoms with Gasteiger partial charge in [0.25, 0.3) is 0 Å². The number of nitrogens with one attached hydrogen (secondary N) is 1. The Hall–Kier alpha value is -1.81. The highest BCUT2D eigenvalue weighted by Gasteiger charge is 2.08. The molecule has 4 heteroatoms. The molecule has 0 aliphatic heterocycles. The van der Waals surface area contributed by atoms with E-state index in [9.17, 15) is 0 Å². The summed E-state index contributed by atoms with van der Waals surface area (Å²) in [6, 6.07) is 10.8. The third-order valence-corrected chi connectivity index (χ3v) is 3.49. The van der Waals surface area contributed by atoms with E-state index >= 15 is 0 Å². The zero-order valence-corrected chi connectivity index (χ0v) is 13.2. The Morgan fingerprint density at radius 1 is 1.19 bits per heavy atom. The Morgan fingerprint density at radius 2 is 1.95 bits per heavy atom. The number of nitrogens with zero attached hydrogens (tertiary/aromatic N) is 2. The first-order valence-corrected chi connectivity index (χ1v) is 7.67. The van der Waals surface area contributed by atoms with E-state index in [1.54, 1.807) is 4.68 Å². The average Bonchev–Trinajstić information content (AvgIpc) is 2.93. The minimum Gasteiger partial charge on any atom is -0.487 e. The Kier molecular flexibility index (Phi) is 5.81. The smallest absolute Gasteiger partial charge is 0.132 e. The largest absolute Gasteiger partial charge is 0.487 e. The summed E-state index contributed by atoms with van der Waals surface area (Å²) < 4.78 is 7.54. The van der Waals surface area contributed by atoms with Crippen LogP contribution >= 0.6 is 0 Å². The van der Waals surface area contributed by atoms with E-state index in [2.05, 4.69) is 36.4 Å². The number of hydrogen-bond donors (Lipinski definition) is 1. The molecular weight excluding hydrogens is 262 g/mol. The fraction of sp³-hybridized carbons (Fsp3) is 0.471. The van der Waals surface area contributed by atoms with E-state index in [4.69, 9.17) is 4.74 Å². The molecule has 1 aromatic heterocycles. The molecular formula is C17H25N3O. The maximum Gasteiger partial charge on any atom is 0.132 e. The Bertz CT molecular complexity index is 533. The molecule has 0 bridgehead atoms. The molecule has 21 heavy (non-hydrogen) atoms. The van der Waals surface area contributed by atoms with Crippen molar-refractivity contribution in [2.24, 2.45) is 7.05 Å². The molecule has 1 unspecified atom stereocenters. The fourth-order valence-corrected chi connectivity index (χ4v) is 2.31. The van der Waals surface area contributed by atoms with E-state index in [1.165, 1.54) is 5.56 Å². The van der Waals surface area contributed by atoms with Gasteiger partial charge in [0.05, 0.1) is 5.69 Å². The predicted octanol–water partition coefficient (Wildman–Crippen LogP) is 3.45. The van der Waals surface area contributed by atoms with E-state index in [0.717, 1.165) is 30.8 Å². The third kappa shape index (κ3) is 4.60. The summed E-state index contributed by atoms with van der Waals surface area (Å²) in [5, 5.41) is 7.86. The second-order valence-electron chi connectivity index (χ2n) is 5.25. The summed E-state index contributed by atoms with van der Waals surface area (Å²) in [7, 11) is 1.91. The lowest BCUT2D eigenvalue weighted by atomic mass is 10.0. The lowest BCUT2D eigenvalue weighted by Gasteiger charge is -2.17. The second-order valence-corrected chi connectivity index (χ2v) is 5.25. The first-order chi connectivity index (χ1) is 10.2. The summed E-state index contributed by atoms with van der Waals surface area (Å²) >= 11 is 0. The highest BCUT2D eigenvalue weighted by molar-refractivity contribution is 5.29. The second kappa shape index (κ2) is 7.84. The van der Waals surface area contributed by atoms with E-state index in [0.29, 0.717) is 12.6 Å². The molecule has 0 saturated carbocycles. The van der Waals surface area contributed by atoms with Crippen molar-refractivity contribution in [3.05, 3.63) is 47.8 Å². The van der Waals surface area contributed by atoms with Crippen LogP contribution in [0.15, 0.2) is 36.5 Å². The maximum atomic E-state index is 5.76. The first kappa shape index (κ1) is 15.6. The van der Waals surface area contributed by atoms with Crippen LogP contribution < -0.4 is 10.1 Å². The van der Waals surface area contributed by atoms with Gasteiger partial charge in [-0.3, -0.25) is 4.68 Å². The SMILES string of the molecule is CCCNC(CC)c1ccc(OCc2ccn(C)n2)cc1. The van der Waals surface area contributed by atoms with Gasteiger partial charge in [-0.1, -0.05) is 26.0 Å². The zero-order chi connectivity index (χ0) is 15.1. The van der Waals surface area contributed by atoms with Gasteiger partial charge in [0.15, 0.2) is 0 Å². The van der Waals surface area contributed by atoms with Crippen LogP contribution in [0, 0.1) is 0 Å². The molecule has 0 amide bonds. The number of rotatable bonds is 8. The molecule has 0 fully saturated rings. The van der Waals surface area contributed by atoms with Gasteiger partial charge in [0.2, 0.25) is 0 Å². The van der Waals surface area contributed by atoms with Gasteiger partial charge < -0.3 is 10.1 Å². The molecule has 0 aliphatic rings. The van der Waals surface area contributed by atoms with Gasteiger partial charge in [-0.05, 0) is 43.1 Å². The summed E-state index contributed by atoms with van der Waals surface area (Å²) in [4.78, 5) is 0. The zero-order valence-electron chi connectivity index (χ0n) is 13.2. The minimum atomic E-state index is 0.426. The maximum absolute atomic E-state index is 5.76. The van der Waals surface area contributed by atoms with Crippen molar-refractivity contribution in [2.45, 2.75) is 39.3 Å². The molecule has 1 atom stereocenters. The Balaban J connectivity index is 1.91. The fourth-order valence-electron chi connectivity index (χ4n) is 2.31. The molecule has 0 radical (unpaired) electrons. The van der Waals surface area contributed by atoms with Crippen molar-refractivity contribution >= 4 is 0 Å². The predicted molar refractivity (Wildman–Crippen MR) is 85.3 cm³/mol. The molecule has 1 heterocycles. The lowest BCUT2D eigenvalue weighted by molar-refractivity contribution is 0.300. The van der Waals surface area contributed by atoms with Gasteiger partial charge in [-0.15, -0.1) is 0 Å². The Labute approximate surface area is 127 Å². The van der Waals surface area contributed by atoms with Crippen molar-refractivity contribution in [1.82, 2.24) is 15.1 Å². The van der Waals surface area contributed by atoms with Crippen molar-refractivity contribution in [3.8, 4) is 5.75 Å². The molecule has 114 valence electrons. The summed E-state index contributed by atoms with van der Waals surface area (Å²) in [5.41, 5.74) is 2.26. The van der Waals surface area contributed by atoms with Crippen LogP contribution in [0.4, 0.5) is 0 Å². The van der Waals surface area contributed by atoms with Gasteiger partial charge in [0.1, 0.15) is 12.4 Å². The van der Waals surface area contributed by atoms with Gasteiger partial charge in [-0.2, -0.15) is 5.10 Å². The number of benzene rings is 1. The van der Waals surface area contributed by atoms with E-state index in [-0.39, 0.29) is 0 Å². The van der Waals surface area contributed by atoms with Gasteiger partial charge in [-0.25, -0.2) is 0 Å². The van der Waals surface area contributed by atoms with Crippen LogP contribution in [-0.2, 0) is 13.7 Å². The average molecular weight is 287 g/mol. The molecule has 0 aliphatic carbocycles. The monoisotopic (exact) mass is 287 g/mol. The quantitative estimate of drug-likeness (QED) is 0.808. The minimum absolute atomic E-state index is 0.426. The van der Waals surface area contributed by atoms with Crippen molar-refractivity contribution in [1.29, 1.82) is 0 Å². The Morgan fingerprint density at radius 3 is 2.52 bits per heavy atom. The standard InChI is InChI=1S/C17H25N3O/c1-4-11-18-17(5-2)14-6-8-16(9-7-14)21-13-15-10-12-20(3)19-15/h6-10,12,17-18H,4-5,11,13H2,1-3H3. The number of hydrogen-bond acceptors (Lipinski definition) is 3. The summed E-state index contributed by atoms with van der Waals surface area (Å²) in [6.07, 6.45) is 4.17. The third-order valence-electron chi connectivity index (χ3n) is 3.49. The topological polar surface area (TPSA) is 39.1 Å². The van der Waals surface area contributed by atoms with E-state index in [1.807, 2.05) is 31.4 Å². The molecule has 1 N–H and O–H groups in total. The molecule has 2 rings (SSSR count). The van der Waals surface area contributed by atoms with Crippen LogP contribution in [-0.4, -0.2) is 16.3 Å². The van der Waals surface area contributed by atoms with Crippen molar-refractivity contribution in [2.75, 3.05) is 6.54 Å². The van der Waals surface area contributed by atoms with Crippen LogP contribution in [0.25, 0.3) is 0 Å². The molecule has 4 nitrogen and oxygen atoms in total. The van der Waals surface area contributed by atoms with Crippen molar-refractivity contribution in [3.63, 3.8) is 0 Å². The molecule has 2 aromatic rings. The molecule has 0 spiro atoms. The van der Waals surface area contributed by atoms with Gasteiger partial charge >= 0.3 is 0 Å². The molecule has 0 saturated heterocycles. The van der Waals surface area contributed by atoms with Crippen molar-refractivity contribution < 1.29 is 4.74 Å². The van der Waals surface area contributed by atoms with Crippen LogP contribution in [0.1, 0.15) is 44.0 Å².